The molecule has 1 aromatic carbocycles. The predicted molar refractivity (Wildman–Crippen MR) is 157 cm³/mol. The number of benzene rings is 1. The quantitative estimate of drug-likeness (QED) is 0.347. The zero-order chi connectivity index (χ0) is 29.0. The minimum Gasteiger partial charge on any atom is -0.493 e. The molecule has 2 fully saturated rings. The van der Waals surface area contributed by atoms with E-state index in [1.807, 2.05) is 46.0 Å². The first kappa shape index (κ1) is 28.8. The van der Waals surface area contributed by atoms with E-state index in [4.69, 9.17) is 15.5 Å². The Bertz CT molecular complexity index is 1490. The number of nitrogens with zero attached hydrogens (tertiary/aromatic N) is 4. The highest BCUT2D eigenvalue weighted by molar-refractivity contribution is 7.90. The van der Waals surface area contributed by atoms with Crippen molar-refractivity contribution in [2.24, 2.45) is 17.6 Å². The van der Waals surface area contributed by atoms with E-state index >= 15 is 0 Å². The fourth-order valence-electron chi connectivity index (χ4n) is 5.83. The maximum Gasteiger partial charge on any atom is 0.225 e. The van der Waals surface area contributed by atoms with Crippen LogP contribution in [0.5, 0.6) is 5.75 Å². The van der Waals surface area contributed by atoms with Gasteiger partial charge in [0.05, 0.1) is 17.9 Å². The fraction of sp³-hybridized carbons (Fsp3) is 0.517. The van der Waals surface area contributed by atoms with Gasteiger partial charge in [-0.1, -0.05) is 6.07 Å². The lowest BCUT2D eigenvalue weighted by atomic mass is 9.84. The molecule has 3 aromatic rings. The molecule has 5 rings (SSSR count). The lowest BCUT2D eigenvalue weighted by molar-refractivity contribution is -0.139. The van der Waals surface area contributed by atoms with Gasteiger partial charge in [0, 0.05) is 55.0 Å². The Hall–Kier alpha value is -3.67. The van der Waals surface area contributed by atoms with Crippen LogP contribution in [0.25, 0.3) is 16.7 Å². The monoisotopic (exact) mass is 582 g/mol. The minimum atomic E-state index is -3.02. The van der Waals surface area contributed by atoms with Crippen LogP contribution in [0.3, 0.4) is 0 Å². The van der Waals surface area contributed by atoms with Crippen molar-refractivity contribution >= 4 is 38.5 Å². The fourth-order valence-corrected chi connectivity index (χ4v) is 6.47. The molecular formula is C29H38N6O5S. The standard InChI is InChI=1S/C29H38N6O5S/c1-41(38,39)19-3-18-40-25-5-2-4-24-23(25)13-17-35(24)26-10-14-31-29(33-26)32-22-8-6-21(7-9-22)28(37)34-15-11-20(12-16-34)27(30)36/h2,4-5,10,13-14,17,20-22H,3,6-9,11-12,15-16,18-19H2,1H3,(H2,30,36)(H,31,32,33)/t21-,22-. The molecule has 1 aliphatic carbocycles. The van der Waals surface area contributed by atoms with E-state index in [1.54, 1.807) is 6.20 Å². The number of rotatable bonds is 10. The van der Waals surface area contributed by atoms with Crippen molar-refractivity contribution in [2.75, 3.05) is 37.0 Å². The van der Waals surface area contributed by atoms with Crippen molar-refractivity contribution in [3.63, 3.8) is 0 Å². The van der Waals surface area contributed by atoms with Gasteiger partial charge in [0.1, 0.15) is 21.4 Å². The first-order chi connectivity index (χ1) is 19.7. The summed E-state index contributed by atoms with van der Waals surface area (Å²) in [5.74, 6) is 1.88. The molecule has 0 radical (unpaired) electrons. The molecule has 2 amide bonds. The molecule has 1 saturated carbocycles. The lowest BCUT2D eigenvalue weighted by Crippen LogP contribution is -2.45. The molecule has 0 bridgehead atoms. The van der Waals surface area contributed by atoms with Gasteiger partial charge in [-0.3, -0.25) is 9.59 Å². The van der Waals surface area contributed by atoms with Crippen LogP contribution < -0.4 is 15.8 Å². The third kappa shape index (κ3) is 7.16. The van der Waals surface area contributed by atoms with E-state index in [0.29, 0.717) is 50.7 Å². The Morgan fingerprint density at radius 1 is 1.05 bits per heavy atom. The number of ether oxygens (including phenoxy) is 1. The summed E-state index contributed by atoms with van der Waals surface area (Å²) in [6, 6.07) is 9.77. The second kappa shape index (κ2) is 12.5. The van der Waals surface area contributed by atoms with Crippen molar-refractivity contribution in [1.82, 2.24) is 19.4 Å². The zero-order valence-electron chi connectivity index (χ0n) is 23.4. The van der Waals surface area contributed by atoms with Crippen molar-refractivity contribution in [3.05, 3.63) is 42.7 Å². The number of carbonyl (C=O) groups is 2. The molecule has 12 heteroatoms. The molecule has 2 aliphatic rings. The highest BCUT2D eigenvalue weighted by Crippen LogP contribution is 2.31. The maximum atomic E-state index is 13.0. The Morgan fingerprint density at radius 2 is 1.80 bits per heavy atom. The number of fused-ring (bicyclic) bond motifs is 1. The van der Waals surface area contributed by atoms with Gasteiger partial charge >= 0.3 is 0 Å². The van der Waals surface area contributed by atoms with E-state index < -0.39 is 9.84 Å². The number of anilines is 1. The topological polar surface area (TPSA) is 150 Å². The van der Waals surface area contributed by atoms with E-state index in [1.165, 1.54) is 6.26 Å². The number of amides is 2. The van der Waals surface area contributed by atoms with Crippen LogP contribution in [0.15, 0.2) is 42.7 Å². The van der Waals surface area contributed by atoms with Crippen LogP contribution in [0.2, 0.25) is 0 Å². The number of likely N-dealkylation sites (tertiary alicyclic amines) is 1. The van der Waals surface area contributed by atoms with Crippen LogP contribution >= 0.6 is 0 Å². The average molecular weight is 583 g/mol. The van der Waals surface area contributed by atoms with Gasteiger partial charge in [-0.25, -0.2) is 13.4 Å². The van der Waals surface area contributed by atoms with Gasteiger partial charge in [0.2, 0.25) is 17.8 Å². The molecule has 2 aromatic heterocycles. The molecule has 1 aliphatic heterocycles. The number of hydrogen-bond donors (Lipinski definition) is 2. The van der Waals surface area contributed by atoms with E-state index in [0.717, 1.165) is 42.4 Å². The number of sulfone groups is 1. The van der Waals surface area contributed by atoms with Crippen molar-refractivity contribution in [1.29, 1.82) is 0 Å². The Balaban J connectivity index is 1.17. The van der Waals surface area contributed by atoms with E-state index in [2.05, 4.69) is 10.3 Å². The van der Waals surface area contributed by atoms with Gasteiger partial charge in [0.25, 0.3) is 0 Å². The highest BCUT2D eigenvalue weighted by atomic mass is 32.2. The molecular weight excluding hydrogens is 544 g/mol. The molecule has 220 valence electrons. The highest BCUT2D eigenvalue weighted by Gasteiger charge is 2.32. The SMILES string of the molecule is CS(=O)(=O)CCCOc1cccc2c1ccn2-c1ccnc(N[C@H]2CC[C@H](C(=O)N3CCC(C(N)=O)CC3)CC2)n1. The van der Waals surface area contributed by atoms with E-state index in [-0.39, 0.29) is 35.4 Å². The maximum absolute atomic E-state index is 13.0. The Labute approximate surface area is 240 Å². The normalized spacial score (nSPS) is 20.2. The summed E-state index contributed by atoms with van der Waals surface area (Å²) >= 11 is 0. The van der Waals surface area contributed by atoms with Gasteiger partial charge < -0.3 is 25.3 Å². The molecule has 11 nitrogen and oxygen atoms in total. The number of aromatic nitrogens is 3. The number of carbonyl (C=O) groups excluding carboxylic acids is 2. The summed E-state index contributed by atoms with van der Waals surface area (Å²) in [5.41, 5.74) is 6.35. The Morgan fingerprint density at radius 3 is 2.51 bits per heavy atom. The molecule has 0 spiro atoms. The van der Waals surface area contributed by atoms with Crippen molar-refractivity contribution < 1.29 is 22.7 Å². The van der Waals surface area contributed by atoms with Crippen LogP contribution in [0, 0.1) is 11.8 Å². The first-order valence-electron chi connectivity index (χ1n) is 14.3. The molecule has 0 unspecified atom stereocenters. The second-order valence-electron chi connectivity index (χ2n) is 11.1. The first-order valence-corrected chi connectivity index (χ1v) is 16.3. The minimum absolute atomic E-state index is 0.0134. The number of hydrogen-bond acceptors (Lipinski definition) is 8. The number of piperidine rings is 1. The van der Waals surface area contributed by atoms with Crippen molar-refractivity contribution in [3.8, 4) is 11.6 Å². The molecule has 1 saturated heterocycles. The predicted octanol–water partition coefficient (Wildman–Crippen LogP) is 2.93. The summed E-state index contributed by atoms with van der Waals surface area (Å²) in [4.78, 5) is 35.6. The average Bonchev–Trinajstić information content (AvgIpc) is 3.40. The van der Waals surface area contributed by atoms with Crippen LogP contribution in [0.4, 0.5) is 5.95 Å². The van der Waals surface area contributed by atoms with Gasteiger partial charge in [0.15, 0.2) is 0 Å². The molecule has 41 heavy (non-hydrogen) atoms. The third-order valence-electron chi connectivity index (χ3n) is 8.12. The number of primary amides is 1. The van der Waals surface area contributed by atoms with Gasteiger partial charge in [-0.15, -0.1) is 0 Å². The van der Waals surface area contributed by atoms with E-state index in [9.17, 15) is 18.0 Å². The molecule has 3 heterocycles. The summed E-state index contributed by atoms with van der Waals surface area (Å²) in [6.45, 7) is 1.53. The van der Waals surface area contributed by atoms with Crippen molar-refractivity contribution in [2.45, 2.75) is 51.0 Å². The molecule has 0 atom stereocenters. The summed E-state index contributed by atoms with van der Waals surface area (Å²) in [6.07, 6.45) is 9.96. The number of nitrogens with two attached hydrogens (primary N) is 1. The summed E-state index contributed by atoms with van der Waals surface area (Å²) in [7, 11) is -3.02. The smallest absolute Gasteiger partial charge is 0.225 e. The van der Waals surface area contributed by atoms with Gasteiger partial charge in [-0.2, -0.15) is 4.98 Å². The number of nitrogens with one attached hydrogen (secondary N) is 1. The third-order valence-corrected chi connectivity index (χ3v) is 9.15. The summed E-state index contributed by atoms with van der Waals surface area (Å²) in [5, 5.41) is 4.38. The largest absolute Gasteiger partial charge is 0.493 e. The zero-order valence-corrected chi connectivity index (χ0v) is 24.2. The summed E-state index contributed by atoms with van der Waals surface area (Å²) < 4.78 is 30.7. The van der Waals surface area contributed by atoms with Gasteiger partial charge in [-0.05, 0) is 69.2 Å². The lowest BCUT2D eigenvalue weighted by Gasteiger charge is -2.35. The van der Waals surface area contributed by atoms with Crippen LogP contribution in [-0.4, -0.2) is 77.4 Å². The second-order valence-corrected chi connectivity index (χ2v) is 13.4. The van der Waals surface area contributed by atoms with Crippen LogP contribution in [-0.2, 0) is 19.4 Å². The molecule has 3 N–H and O–H groups in total. The Kier molecular flexibility index (Phi) is 8.77. The van der Waals surface area contributed by atoms with Crippen LogP contribution in [0.1, 0.15) is 44.9 Å².